The fraction of sp³-hybridized carbons (Fsp3) is 0.130. The van der Waals surface area contributed by atoms with Gasteiger partial charge in [0.15, 0.2) is 11.5 Å². The second-order valence-corrected chi connectivity index (χ2v) is 7.99. The van der Waals surface area contributed by atoms with Crippen molar-refractivity contribution in [3.63, 3.8) is 0 Å². The van der Waals surface area contributed by atoms with Crippen LogP contribution in [-0.2, 0) is 13.7 Å². The molecule has 2 aromatic heterocycles. The smallest absolute Gasteiger partial charge is 0.286 e. The van der Waals surface area contributed by atoms with Gasteiger partial charge in [-0.05, 0) is 46.3 Å². The molecule has 0 unspecified atom stereocenters. The lowest BCUT2D eigenvalue weighted by atomic mass is 10.1. The largest absolute Gasteiger partial charge is 0.493 e. The van der Waals surface area contributed by atoms with Gasteiger partial charge in [0.2, 0.25) is 5.95 Å². The molecule has 2 heterocycles. The number of ether oxygens (including phenoxy) is 2. The fourth-order valence-corrected chi connectivity index (χ4v) is 4.07. The number of benzene rings is 2. The van der Waals surface area contributed by atoms with Crippen LogP contribution in [0.5, 0.6) is 11.5 Å². The van der Waals surface area contributed by atoms with Gasteiger partial charge in [0.1, 0.15) is 28.5 Å². The highest BCUT2D eigenvalue weighted by Crippen LogP contribution is 2.35. The van der Waals surface area contributed by atoms with Crippen LogP contribution in [0.3, 0.4) is 0 Å². The van der Waals surface area contributed by atoms with Crippen LogP contribution in [0.4, 0.5) is 11.8 Å². The van der Waals surface area contributed by atoms with E-state index in [1.807, 2.05) is 36.4 Å². The molecule has 0 amide bonds. The first kappa shape index (κ1) is 22.9. The molecule has 0 fully saturated rings. The summed E-state index contributed by atoms with van der Waals surface area (Å²) >= 11 is 3.40. The van der Waals surface area contributed by atoms with E-state index in [2.05, 4.69) is 25.9 Å². The van der Waals surface area contributed by atoms with Crippen LogP contribution in [0.15, 0.2) is 57.8 Å². The Labute approximate surface area is 203 Å². The molecule has 0 aliphatic carbocycles. The first-order chi connectivity index (χ1) is 16.3. The maximum atomic E-state index is 12.8. The highest BCUT2D eigenvalue weighted by Gasteiger charge is 2.19. The molecule has 4 aromatic rings. The lowest BCUT2D eigenvalue weighted by molar-refractivity contribution is 0.274. The van der Waals surface area contributed by atoms with E-state index in [4.69, 9.17) is 20.9 Å². The molecule has 0 spiro atoms. The molecule has 172 valence electrons. The first-order valence-corrected chi connectivity index (χ1v) is 10.8. The van der Waals surface area contributed by atoms with Crippen molar-refractivity contribution in [3.05, 3.63) is 74.6 Å². The van der Waals surface area contributed by atoms with Crippen molar-refractivity contribution in [2.24, 2.45) is 7.05 Å². The summed E-state index contributed by atoms with van der Waals surface area (Å²) in [7, 11) is 3.28. The second-order valence-electron chi connectivity index (χ2n) is 7.19. The molecular formula is C23H20BrN7O3. The van der Waals surface area contributed by atoms with Crippen molar-refractivity contribution in [1.82, 2.24) is 19.3 Å². The number of nitrogen functional groups attached to an aromatic ring is 2. The van der Waals surface area contributed by atoms with Gasteiger partial charge in [-0.2, -0.15) is 10.2 Å². The Morgan fingerprint density at radius 2 is 1.85 bits per heavy atom. The molecule has 0 bridgehead atoms. The van der Waals surface area contributed by atoms with Crippen LogP contribution in [-0.4, -0.2) is 26.4 Å². The SMILES string of the molecule is COc1cc(-c2nc(N)nc(N)c2C#N)ccc1OCc1c(Br)c(=O)n(-c2ccccc2)n1C. The van der Waals surface area contributed by atoms with Gasteiger partial charge in [-0.15, -0.1) is 0 Å². The van der Waals surface area contributed by atoms with E-state index in [9.17, 15) is 10.1 Å². The zero-order chi connectivity index (χ0) is 24.4. The van der Waals surface area contributed by atoms with E-state index in [0.717, 1.165) is 5.69 Å². The Balaban J connectivity index is 1.66. The number of halogens is 1. The number of aromatic nitrogens is 4. The van der Waals surface area contributed by atoms with E-state index in [1.165, 1.54) is 7.11 Å². The molecule has 4 N–H and O–H groups in total. The number of nitrogens with zero attached hydrogens (tertiary/aromatic N) is 5. The van der Waals surface area contributed by atoms with Gasteiger partial charge < -0.3 is 20.9 Å². The zero-order valence-corrected chi connectivity index (χ0v) is 19.9. The highest BCUT2D eigenvalue weighted by molar-refractivity contribution is 9.10. The summed E-state index contributed by atoms with van der Waals surface area (Å²) in [6.45, 7) is 0.0959. The van der Waals surface area contributed by atoms with Crippen molar-refractivity contribution in [2.75, 3.05) is 18.6 Å². The Morgan fingerprint density at radius 3 is 2.53 bits per heavy atom. The molecule has 11 heteroatoms. The number of para-hydroxylation sites is 1. The van der Waals surface area contributed by atoms with Crippen LogP contribution >= 0.6 is 15.9 Å². The molecule has 0 radical (unpaired) electrons. The molecule has 0 aliphatic heterocycles. The van der Waals surface area contributed by atoms with E-state index in [1.54, 1.807) is 34.6 Å². The van der Waals surface area contributed by atoms with Crippen LogP contribution in [0.2, 0.25) is 0 Å². The minimum Gasteiger partial charge on any atom is -0.493 e. The molecule has 0 atom stereocenters. The number of nitriles is 1. The minimum atomic E-state index is -0.197. The van der Waals surface area contributed by atoms with Gasteiger partial charge in [-0.1, -0.05) is 18.2 Å². The van der Waals surface area contributed by atoms with Crippen LogP contribution in [0.1, 0.15) is 11.3 Å². The lowest BCUT2D eigenvalue weighted by Crippen LogP contribution is -2.19. The Morgan fingerprint density at radius 1 is 1.12 bits per heavy atom. The molecule has 0 saturated carbocycles. The molecular weight excluding hydrogens is 502 g/mol. The molecule has 10 nitrogen and oxygen atoms in total. The summed E-state index contributed by atoms with van der Waals surface area (Å²) < 4.78 is 15.2. The number of methoxy groups -OCH3 is 1. The number of hydrogen-bond acceptors (Lipinski definition) is 8. The van der Waals surface area contributed by atoms with Gasteiger partial charge in [0.25, 0.3) is 5.56 Å². The third-order valence-electron chi connectivity index (χ3n) is 5.19. The van der Waals surface area contributed by atoms with E-state index in [-0.39, 0.29) is 29.5 Å². The lowest BCUT2D eigenvalue weighted by Gasteiger charge is -2.14. The molecule has 0 aliphatic rings. The van der Waals surface area contributed by atoms with Crippen molar-refractivity contribution >= 4 is 27.7 Å². The first-order valence-electron chi connectivity index (χ1n) is 10.0. The van der Waals surface area contributed by atoms with Crippen molar-refractivity contribution in [2.45, 2.75) is 6.61 Å². The van der Waals surface area contributed by atoms with Crippen LogP contribution < -0.4 is 26.5 Å². The van der Waals surface area contributed by atoms with E-state index >= 15 is 0 Å². The predicted octanol–water partition coefficient (Wildman–Crippen LogP) is 3.02. The Kier molecular flexibility index (Phi) is 6.25. The van der Waals surface area contributed by atoms with Gasteiger partial charge in [-0.25, -0.2) is 9.67 Å². The number of rotatable bonds is 6. The standard InChI is InChI=1S/C23H20BrN7O3/c1-30-16(19(24)22(32)31(30)14-6-4-3-5-7-14)12-34-17-9-8-13(10-18(17)33-2)20-15(11-25)21(26)29-23(27)28-20/h3-10H,12H2,1-2H3,(H4,26,27,28,29). The summed E-state index contributed by atoms with van der Waals surface area (Å²) in [5.41, 5.74) is 13.7. The third kappa shape index (κ3) is 4.06. The van der Waals surface area contributed by atoms with Gasteiger partial charge >= 0.3 is 0 Å². The topological polar surface area (TPSA) is 147 Å². The second kappa shape index (κ2) is 9.29. The third-order valence-corrected chi connectivity index (χ3v) is 5.99. The minimum absolute atomic E-state index is 0.00186. The average molecular weight is 522 g/mol. The molecule has 4 rings (SSSR count). The highest BCUT2D eigenvalue weighted by atomic mass is 79.9. The van der Waals surface area contributed by atoms with E-state index < -0.39 is 0 Å². The van der Waals surface area contributed by atoms with Gasteiger partial charge in [0, 0.05) is 12.6 Å². The van der Waals surface area contributed by atoms with Crippen molar-refractivity contribution in [1.29, 1.82) is 5.26 Å². The maximum Gasteiger partial charge on any atom is 0.286 e. The number of hydrogen-bond donors (Lipinski definition) is 2. The quantitative estimate of drug-likeness (QED) is 0.393. The van der Waals surface area contributed by atoms with Crippen LogP contribution in [0.25, 0.3) is 16.9 Å². The maximum absolute atomic E-state index is 12.8. The van der Waals surface area contributed by atoms with Gasteiger partial charge in [-0.3, -0.25) is 9.48 Å². The van der Waals surface area contributed by atoms with Crippen molar-refractivity contribution in [3.8, 4) is 34.5 Å². The predicted molar refractivity (Wildman–Crippen MR) is 131 cm³/mol. The zero-order valence-electron chi connectivity index (χ0n) is 18.3. The van der Waals surface area contributed by atoms with Gasteiger partial charge in [0.05, 0.1) is 24.2 Å². The summed E-state index contributed by atoms with van der Waals surface area (Å²) in [4.78, 5) is 20.8. The Bertz CT molecular complexity index is 1470. The summed E-state index contributed by atoms with van der Waals surface area (Å²) in [6.07, 6.45) is 0. The molecule has 34 heavy (non-hydrogen) atoms. The molecule has 0 saturated heterocycles. The summed E-state index contributed by atoms with van der Waals surface area (Å²) in [6, 6.07) is 16.4. The number of anilines is 2. The Hall–Kier alpha value is -4.30. The average Bonchev–Trinajstić information content (AvgIpc) is 3.05. The van der Waals surface area contributed by atoms with E-state index in [0.29, 0.717) is 32.9 Å². The summed E-state index contributed by atoms with van der Waals surface area (Å²) in [5, 5.41) is 9.46. The normalized spacial score (nSPS) is 10.6. The summed E-state index contributed by atoms with van der Waals surface area (Å²) in [5.74, 6) is 0.796. The van der Waals surface area contributed by atoms with Crippen LogP contribution in [0, 0.1) is 11.3 Å². The van der Waals surface area contributed by atoms with Crippen molar-refractivity contribution < 1.29 is 9.47 Å². The fourth-order valence-electron chi connectivity index (χ4n) is 3.53. The number of nitrogens with two attached hydrogens (primary N) is 2. The monoisotopic (exact) mass is 521 g/mol. The molecule has 2 aromatic carbocycles.